The molecule has 21 heavy (non-hydrogen) atoms. The van der Waals surface area contributed by atoms with Gasteiger partial charge in [-0.1, -0.05) is 0 Å². The van der Waals surface area contributed by atoms with Crippen LogP contribution in [0.4, 0.5) is 0 Å². The fraction of sp³-hybridized carbons (Fsp3) is 0.600. The van der Waals surface area contributed by atoms with Crippen LogP contribution in [-0.4, -0.2) is 25.0 Å². The smallest absolute Gasteiger partial charge is 0.305 e. The molecule has 1 aromatic rings. The third-order valence-corrected chi connectivity index (χ3v) is 5.46. The lowest BCUT2D eigenvalue weighted by molar-refractivity contribution is -0.138. The molecular weight excluding hydrogens is 288 g/mol. The summed E-state index contributed by atoms with van der Waals surface area (Å²) in [5, 5.41) is 9.31. The Morgan fingerprint density at radius 3 is 2.86 bits per heavy atom. The lowest BCUT2D eigenvalue weighted by Crippen LogP contribution is -2.51. The van der Waals surface area contributed by atoms with Gasteiger partial charge in [0, 0.05) is 12.4 Å². The molecule has 1 heterocycles. The molecule has 2 rings (SSSR count). The fourth-order valence-corrected chi connectivity index (χ4v) is 3.65. The maximum absolute atomic E-state index is 12.5. The number of carboxylic acids is 1. The minimum absolute atomic E-state index is 0.0898. The van der Waals surface area contributed by atoms with Gasteiger partial charge in [0.25, 0.3) is 0 Å². The number of aromatic nitrogens is 1. The molecule has 2 N–H and O–H groups in total. The van der Waals surface area contributed by atoms with E-state index in [-0.39, 0.29) is 6.42 Å². The summed E-state index contributed by atoms with van der Waals surface area (Å²) in [4.78, 5) is 15.5. The van der Waals surface area contributed by atoms with E-state index in [2.05, 4.69) is 9.71 Å². The first-order chi connectivity index (χ1) is 9.74. The van der Waals surface area contributed by atoms with Gasteiger partial charge in [0.1, 0.15) is 0 Å². The van der Waals surface area contributed by atoms with E-state index in [1.54, 1.807) is 12.4 Å². The molecule has 1 aromatic heterocycles. The topological polar surface area (TPSA) is 79.3 Å². The normalized spacial score (nSPS) is 23.4. The average molecular weight is 310 g/mol. The highest BCUT2D eigenvalue weighted by Crippen LogP contribution is 2.38. The summed E-state index contributed by atoms with van der Waals surface area (Å²) >= 11 is 0. The average Bonchev–Trinajstić information content (AvgIpc) is 2.37. The summed E-state index contributed by atoms with van der Waals surface area (Å²) in [7, 11) is -1.34. The zero-order valence-corrected chi connectivity index (χ0v) is 13.5. The van der Waals surface area contributed by atoms with Crippen molar-refractivity contribution in [2.75, 3.05) is 0 Å². The third-order valence-electron chi connectivity index (χ3n) is 3.77. The monoisotopic (exact) mass is 310 g/mol. The number of aryl methyl sites for hydroxylation is 1. The Bertz CT molecular complexity index is 568. The molecule has 0 spiro atoms. The van der Waals surface area contributed by atoms with Crippen molar-refractivity contribution < 1.29 is 14.1 Å². The second-order valence-corrected chi connectivity index (χ2v) is 8.49. The Morgan fingerprint density at radius 2 is 2.24 bits per heavy atom. The van der Waals surface area contributed by atoms with Crippen LogP contribution >= 0.6 is 0 Å². The predicted octanol–water partition coefficient (Wildman–Crippen LogP) is 2.14. The van der Waals surface area contributed by atoms with Gasteiger partial charge >= 0.3 is 5.97 Å². The van der Waals surface area contributed by atoms with Crippen molar-refractivity contribution in [2.24, 2.45) is 0 Å². The van der Waals surface area contributed by atoms with E-state index in [4.69, 9.17) is 0 Å². The molecular formula is C15H22N2O3S. The lowest BCUT2D eigenvalue weighted by atomic mass is 9.76. The molecule has 116 valence electrons. The number of rotatable bonds is 4. The number of carbonyl (C=O) groups is 1. The SMILES string of the molecule is CC(C)(C)[S@@](=O)N[C@]1(CC(=O)O)CCCc2ccncc21. The molecule has 5 nitrogen and oxygen atoms in total. The summed E-state index contributed by atoms with van der Waals surface area (Å²) in [6.07, 6.45) is 5.77. The van der Waals surface area contributed by atoms with E-state index in [1.165, 1.54) is 0 Å². The Hall–Kier alpha value is -1.27. The van der Waals surface area contributed by atoms with E-state index in [1.807, 2.05) is 26.8 Å². The second-order valence-electron chi connectivity index (χ2n) is 6.52. The van der Waals surface area contributed by atoms with E-state index in [0.29, 0.717) is 6.42 Å². The van der Waals surface area contributed by atoms with Crippen molar-refractivity contribution in [3.63, 3.8) is 0 Å². The van der Waals surface area contributed by atoms with Gasteiger partial charge in [-0.15, -0.1) is 0 Å². The van der Waals surface area contributed by atoms with Crippen LogP contribution in [0, 0.1) is 0 Å². The molecule has 0 aliphatic heterocycles. The number of carboxylic acid groups (broad SMARTS) is 1. The Kier molecular flexibility index (Phi) is 4.49. The maximum Gasteiger partial charge on any atom is 0.305 e. The van der Waals surface area contributed by atoms with Crippen LogP contribution in [-0.2, 0) is 27.7 Å². The van der Waals surface area contributed by atoms with Gasteiger partial charge in [-0.05, 0) is 57.2 Å². The summed E-state index contributed by atoms with van der Waals surface area (Å²) < 4.78 is 15.2. The largest absolute Gasteiger partial charge is 0.481 e. The van der Waals surface area contributed by atoms with Crippen LogP contribution in [0.25, 0.3) is 0 Å². The molecule has 0 saturated carbocycles. The Balaban J connectivity index is 2.44. The molecule has 6 heteroatoms. The minimum atomic E-state index is -1.34. The summed E-state index contributed by atoms with van der Waals surface area (Å²) in [5.41, 5.74) is 1.17. The van der Waals surface area contributed by atoms with E-state index in [9.17, 15) is 14.1 Å². The van der Waals surface area contributed by atoms with Crippen LogP contribution in [0.1, 0.15) is 51.2 Å². The maximum atomic E-state index is 12.5. The van der Waals surface area contributed by atoms with Crippen molar-refractivity contribution in [3.8, 4) is 0 Å². The van der Waals surface area contributed by atoms with Crippen LogP contribution in [0.15, 0.2) is 18.5 Å². The molecule has 1 aliphatic carbocycles. The number of fused-ring (bicyclic) bond motifs is 1. The first kappa shape index (κ1) is 16.1. The molecule has 0 aromatic carbocycles. The van der Waals surface area contributed by atoms with Gasteiger partial charge in [0.2, 0.25) is 0 Å². The van der Waals surface area contributed by atoms with E-state index >= 15 is 0 Å². The molecule has 0 amide bonds. The number of nitrogens with one attached hydrogen (secondary N) is 1. The highest BCUT2D eigenvalue weighted by Gasteiger charge is 2.41. The van der Waals surface area contributed by atoms with Crippen molar-refractivity contribution >= 4 is 17.0 Å². The van der Waals surface area contributed by atoms with Crippen molar-refractivity contribution in [1.82, 2.24) is 9.71 Å². The van der Waals surface area contributed by atoms with Gasteiger partial charge in [0.05, 0.1) is 27.7 Å². The van der Waals surface area contributed by atoms with Gasteiger partial charge in [-0.2, -0.15) is 0 Å². The fourth-order valence-electron chi connectivity index (χ4n) is 2.70. The predicted molar refractivity (Wildman–Crippen MR) is 82.1 cm³/mol. The minimum Gasteiger partial charge on any atom is -0.481 e. The number of nitrogens with zero attached hydrogens (tertiary/aromatic N) is 1. The molecule has 0 radical (unpaired) electrons. The summed E-state index contributed by atoms with van der Waals surface area (Å²) in [6.45, 7) is 5.62. The van der Waals surface area contributed by atoms with Gasteiger partial charge in [-0.25, -0.2) is 8.93 Å². The number of aliphatic carboxylic acids is 1. The van der Waals surface area contributed by atoms with Gasteiger partial charge < -0.3 is 5.11 Å². The third kappa shape index (κ3) is 3.49. The van der Waals surface area contributed by atoms with Crippen LogP contribution in [0.3, 0.4) is 0 Å². The van der Waals surface area contributed by atoms with Crippen LogP contribution in [0.2, 0.25) is 0 Å². The lowest BCUT2D eigenvalue weighted by Gasteiger charge is -2.39. The first-order valence-corrected chi connectivity index (χ1v) is 8.24. The van der Waals surface area contributed by atoms with Gasteiger partial charge in [-0.3, -0.25) is 9.78 Å². The van der Waals surface area contributed by atoms with Crippen LogP contribution < -0.4 is 4.72 Å². The first-order valence-electron chi connectivity index (χ1n) is 7.09. The van der Waals surface area contributed by atoms with Gasteiger partial charge in [0.15, 0.2) is 0 Å². The Morgan fingerprint density at radius 1 is 1.52 bits per heavy atom. The van der Waals surface area contributed by atoms with E-state index < -0.39 is 27.2 Å². The quantitative estimate of drug-likeness (QED) is 0.893. The number of hydrogen-bond donors (Lipinski definition) is 2. The Labute approximate surface area is 127 Å². The van der Waals surface area contributed by atoms with E-state index in [0.717, 1.165) is 24.0 Å². The van der Waals surface area contributed by atoms with Crippen molar-refractivity contribution in [2.45, 2.75) is 56.7 Å². The molecule has 0 bridgehead atoms. The summed E-state index contributed by atoms with van der Waals surface area (Å²) in [6, 6.07) is 1.92. The zero-order chi connectivity index (χ0) is 15.7. The molecule has 2 atom stereocenters. The summed E-state index contributed by atoms with van der Waals surface area (Å²) in [5.74, 6) is -0.898. The zero-order valence-electron chi connectivity index (χ0n) is 12.7. The van der Waals surface area contributed by atoms with Crippen LogP contribution in [0.5, 0.6) is 0 Å². The number of pyridine rings is 1. The number of hydrogen-bond acceptors (Lipinski definition) is 3. The van der Waals surface area contributed by atoms with Crippen molar-refractivity contribution in [3.05, 3.63) is 29.6 Å². The van der Waals surface area contributed by atoms with Crippen molar-refractivity contribution in [1.29, 1.82) is 0 Å². The standard InChI is InChI=1S/C15H22N2O3S/c1-14(2,3)21(20)17-15(9-13(18)19)7-4-5-11-6-8-16-10-12(11)15/h6,8,10,17H,4-5,7,9H2,1-3H3,(H,18,19)/t15-,21+/m0/s1. The second kappa shape index (κ2) is 5.85. The molecule has 0 fully saturated rings. The highest BCUT2D eigenvalue weighted by molar-refractivity contribution is 7.84. The molecule has 1 aliphatic rings. The molecule has 0 saturated heterocycles. The highest BCUT2D eigenvalue weighted by atomic mass is 32.2. The molecule has 0 unspecified atom stereocenters.